The maximum atomic E-state index is 11.1. The van der Waals surface area contributed by atoms with Crippen LogP contribution in [-0.2, 0) is 4.79 Å². The maximum Gasteiger partial charge on any atom is 0.310 e. The Morgan fingerprint density at radius 2 is 1.85 bits per heavy atom. The summed E-state index contributed by atoms with van der Waals surface area (Å²) in [5.74, 6) is 4.46. The van der Waals surface area contributed by atoms with E-state index >= 15 is 0 Å². The molecular formula is C9H20N2O2. The van der Waals surface area contributed by atoms with Crippen molar-refractivity contribution >= 4 is 5.97 Å². The van der Waals surface area contributed by atoms with E-state index in [0.717, 1.165) is 12.8 Å². The first kappa shape index (κ1) is 12.4. The molecule has 0 unspecified atom stereocenters. The van der Waals surface area contributed by atoms with Gasteiger partial charge in [-0.1, -0.05) is 26.7 Å². The molecule has 0 atom stereocenters. The molecule has 0 fully saturated rings. The minimum atomic E-state index is -0.742. The fourth-order valence-electron chi connectivity index (χ4n) is 1.74. The molecule has 4 nitrogen and oxygen atoms in total. The van der Waals surface area contributed by atoms with Crippen LogP contribution < -0.4 is 11.3 Å². The molecule has 78 valence electrons. The molecule has 4 N–H and O–H groups in total. The average molecular weight is 188 g/mol. The van der Waals surface area contributed by atoms with E-state index in [2.05, 4.69) is 5.43 Å². The Bertz CT molecular complexity index is 143. The Morgan fingerprint density at radius 1 is 1.38 bits per heavy atom. The zero-order valence-corrected chi connectivity index (χ0v) is 8.47. The molecule has 0 rings (SSSR count). The molecule has 0 aliphatic heterocycles. The lowest BCUT2D eigenvalue weighted by molar-refractivity contribution is -0.149. The summed E-state index contributed by atoms with van der Waals surface area (Å²) in [5, 5.41) is 9.12. The summed E-state index contributed by atoms with van der Waals surface area (Å²) in [6.45, 7) is 4.33. The van der Waals surface area contributed by atoms with Gasteiger partial charge in [0.25, 0.3) is 0 Å². The lowest BCUT2D eigenvalue weighted by atomic mass is 9.79. The van der Waals surface area contributed by atoms with Crippen molar-refractivity contribution in [3.63, 3.8) is 0 Å². The number of nitrogens with two attached hydrogens (primary N) is 1. The number of aliphatic carboxylic acids is 1. The van der Waals surface area contributed by atoms with Crippen molar-refractivity contribution < 1.29 is 9.90 Å². The molecule has 0 spiro atoms. The van der Waals surface area contributed by atoms with Gasteiger partial charge in [0, 0.05) is 6.54 Å². The van der Waals surface area contributed by atoms with Gasteiger partial charge in [-0.3, -0.25) is 16.1 Å². The molecule has 0 amide bonds. The Kier molecular flexibility index (Phi) is 5.66. The SMILES string of the molecule is CCCC(CCC)(CNN)C(=O)O. The van der Waals surface area contributed by atoms with Crippen molar-refractivity contribution in [3.8, 4) is 0 Å². The maximum absolute atomic E-state index is 11.1. The number of nitrogens with one attached hydrogen (secondary N) is 1. The number of carboxylic acids is 1. The predicted octanol–water partition coefficient (Wildman–Crippen LogP) is 1.12. The largest absolute Gasteiger partial charge is 0.481 e. The fourth-order valence-corrected chi connectivity index (χ4v) is 1.74. The van der Waals surface area contributed by atoms with Crippen molar-refractivity contribution in [1.29, 1.82) is 0 Å². The molecule has 0 aliphatic carbocycles. The van der Waals surface area contributed by atoms with Gasteiger partial charge in [0.1, 0.15) is 0 Å². The van der Waals surface area contributed by atoms with E-state index in [9.17, 15) is 4.79 Å². The molecule has 0 radical (unpaired) electrons. The molecule has 0 aromatic carbocycles. The highest BCUT2D eigenvalue weighted by Crippen LogP contribution is 2.29. The summed E-state index contributed by atoms with van der Waals surface area (Å²) in [5.41, 5.74) is 1.81. The Balaban J connectivity index is 4.48. The van der Waals surface area contributed by atoms with Gasteiger partial charge >= 0.3 is 5.97 Å². The Hall–Kier alpha value is -0.610. The smallest absolute Gasteiger partial charge is 0.310 e. The molecule has 0 saturated heterocycles. The summed E-state index contributed by atoms with van der Waals surface area (Å²) in [7, 11) is 0. The first-order valence-corrected chi connectivity index (χ1v) is 4.79. The van der Waals surface area contributed by atoms with Gasteiger partial charge in [0.2, 0.25) is 0 Å². The number of hydrazine groups is 1. The van der Waals surface area contributed by atoms with Crippen LogP contribution >= 0.6 is 0 Å². The molecule has 0 bridgehead atoms. The summed E-state index contributed by atoms with van der Waals surface area (Å²) in [4.78, 5) is 11.1. The zero-order valence-electron chi connectivity index (χ0n) is 8.47. The second kappa shape index (κ2) is 5.94. The first-order chi connectivity index (χ1) is 6.13. The molecule has 4 heteroatoms. The molecule has 0 heterocycles. The van der Waals surface area contributed by atoms with Gasteiger partial charge in [0.15, 0.2) is 0 Å². The Labute approximate surface area is 79.5 Å². The lowest BCUT2D eigenvalue weighted by Crippen LogP contribution is -2.43. The summed E-state index contributed by atoms with van der Waals surface area (Å²) in [6, 6.07) is 0. The van der Waals surface area contributed by atoms with E-state index in [1.54, 1.807) is 0 Å². The summed E-state index contributed by atoms with van der Waals surface area (Å²) < 4.78 is 0. The van der Waals surface area contributed by atoms with E-state index in [0.29, 0.717) is 19.4 Å². The number of carbonyl (C=O) groups is 1. The van der Waals surface area contributed by atoms with Crippen LogP contribution in [0, 0.1) is 5.41 Å². The quantitative estimate of drug-likeness (QED) is 0.413. The normalized spacial score (nSPS) is 11.6. The van der Waals surface area contributed by atoms with Gasteiger partial charge in [-0.15, -0.1) is 0 Å². The third kappa shape index (κ3) is 3.32. The van der Waals surface area contributed by atoms with E-state index in [1.165, 1.54) is 0 Å². The fraction of sp³-hybridized carbons (Fsp3) is 0.889. The third-order valence-electron chi connectivity index (χ3n) is 2.35. The van der Waals surface area contributed by atoms with E-state index in [1.807, 2.05) is 13.8 Å². The standard InChI is InChI=1S/C9H20N2O2/c1-3-5-9(6-4-2,7-11-10)8(12)13/h11H,3-7,10H2,1-2H3,(H,12,13). The highest BCUT2D eigenvalue weighted by Gasteiger charge is 2.35. The average Bonchev–Trinajstić information content (AvgIpc) is 2.05. The zero-order chi connectivity index (χ0) is 10.3. The van der Waals surface area contributed by atoms with Crippen LogP contribution in [0.2, 0.25) is 0 Å². The summed E-state index contributed by atoms with van der Waals surface area (Å²) >= 11 is 0. The van der Waals surface area contributed by atoms with Crippen molar-refractivity contribution in [3.05, 3.63) is 0 Å². The van der Waals surface area contributed by atoms with Crippen LogP contribution in [0.5, 0.6) is 0 Å². The predicted molar refractivity (Wildman–Crippen MR) is 52.1 cm³/mol. The lowest BCUT2D eigenvalue weighted by Gasteiger charge is -2.28. The van der Waals surface area contributed by atoms with Gasteiger partial charge in [-0.05, 0) is 12.8 Å². The minimum absolute atomic E-state index is 0.351. The third-order valence-corrected chi connectivity index (χ3v) is 2.35. The van der Waals surface area contributed by atoms with E-state index in [4.69, 9.17) is 10.9 Å². The van der Waals surface area contributed by atoms with Crippen LogP contribution in [0.1, 0.15) is 39.5 Å². The summed E-state index contributed by atoms with van der Waals surface area (Å²) in [6.07, 6.45) is 3.10. The van der Waals surface area contributed by atoms with Gasteiger partial charge in [-0.2, -0.15) is 0 Å². The van der Waals surface area contributed by atoms with Crippen LogP contribution in [0.4, 0.5) is 0 Å². The monoisotopic (exact) mass is 188 g/mol. The number of hydrogen-bond donors (Lipinski definition) is 3. The molecule has 13 heavy (non-hydrogen) atoms. The highest BCUT2D eigenvalue weighted by atomic mass is 16.4. The number of rotatable bonds is 7. The molecular weight excluding hydrogens is 168 g/mol. The van der Waals surface area contributed by atoms with Gasteiger partial charge in [-0.25, -0.2) is 0 Å². The molecule has 0 aromatic rings. The van der Waals surface area contributed by atoms with Crippen molar-refractivity contribution in [2.45, 2.75) is 39.5 Å². The van der Waals surface area contributed by atoms with Gasteiger partial charge in [0.05, 0.1) is 5.41 Å². The molecule has 0 saturated carbocycles. The minimum Gasteiger partial charge on any atom is -0.481 e. The van der Waals surface area contributed by atoms with Gasteiger partial charge < -0.3 is 5.11 Å². The molecule has 0 aliphatic rings. The van der Waals surface area contributed by atoms with E-state index < -0.39 is 11.4 Å². The van der Waals surface area contributed by atoms with E-state index in [-0.39, 0.29) is 0 Å². The van der Waals surface area contributed by atoms with Crippen molar-refractivity contribution in [2.24, 2.45) is 11.3 Å². The van der Waals surface area contributed by atoms with Crippen molar-refractivity contribution in [2.75, 3.05) is 6.54 Å². The van der Waals surface area contributed by atoms with Crippen LogP contribution in [0.25, 0.3) is 0 Å². The van der Waals surface area contributed by atoms with Crippen LogP contribution in [-0.4, -0.2) is 17.6 Å². The highest BCUT2D eigenvalue weighted by molar-refractivity contribution is 5.74. The first-order valence-electron chi connectivity index (χ1n) is 4.79. The number of carboxylic acid groups (broad SMARTS) is 1. The van der Waals surface area contributed by atoms with Crippen LogP contribution in [0.3, 0.4) is 0 Å². The second-order valence-corrected chi connectivity index (χ2v) is 3.47. The number of hydrogen-bond acceptors (Lipinski definition) is 3. The van der Waals surface area contributed by atoms with Crippen molar-refractivity contribution in [1.82, 2.24) is 5.43 Å². The second-order valence-electron chi connectivity index (χ2n) is 3.47. The molecule has 0 aromatic heterocycles. The Morgan fingerprint density at radius 3 is 2.08 bits per heavy atom. The topological polar surface area (TPSA) is 75.3 Å². The van der Waals surface area contributed by atoms with Crippen LogP contribution in [0.15, 0.2) is 0 Å².